The van der Waals surface area contributed by atoms with Gasteiger partial charge in [-0.05, 0) is 58.8 Å². The quantitative estimate of drug-likeness (QED) is 0.0793. The van der Waals surface area contributed by atoms with Crippen LogP contribution in [0.25, 0.3) is 10.8 Å². The Bertz CT molecular complexity index is 1910. The van der Waals surface area contributed by atoms with Gasteiger partial charge in [0.15, 0.2) is 0 Å². The predicted octanol–water partition coefficient (Wildman–Crippen LogP) is 7.70. The van der Waals surface area contributed by atoms with E-state index < -0.39 is 24.3 Å². The molecule has 6 rings (SSSR count). The zero-order valence-electron chi connectivity index (χ0n) is 32.5. The summed E-state index contributed by atoms with van der Waals surface area (Å²) in [5.74, 6) is -0.766. The standard InChI is InChI=1S/C46H54N4O6/c1-2-3-4-5-6-7-8-9-13-23-44(53)56-33-38-29-43(52)50-41(28-34-24-26-39(51)27-25-34)45(54)48(31-37-21-16-20-36-19-14-15-22-40(36)37)32-42(50)49(38)46(55)47-30-35-17-11-10-12-18-35/h10-12,15-18,20-22,24-27,38,41-42,51H,2-9,13,23,28-33H2,1H3,(H,47,55)/t38-,41-,42+/m0/s1. The highest BCUT2D eigenvalue weighted by molar-refractivity contribution is 5.92. The van der Waals surface area contributed by atoms with Gasteiger partial charge in [0.1, 0.15) is 24.6 Å². The Morgan fingerprint density at radius 1 is 0.857 bits per heavy atom. The van der Waals surface area contributed by atoms with E-state index in [4.69, 9.17) is 4.74 Å². The fourth-order valence-corrected chi connectivity index (χ4v) is 7.96. The van der Waals surface area contributed by atoms with Gasteiger partial charge in [-0.1, -0.05) is 125 Å². The first-order valence-electron chi connectivity index (χ1n) is 20.3. The van der Waals surface area contributed by atoms with Crippen LogP contribution in [0.3, 0.4) is 0 Å². The van der Waals surface area contributed by atoms with Crippen molar-refractivity contribution in [2.45, 2.75) is 115 Å². The Kier molecular flexibility index (Phi) is 14.2. The number of fused-ring (bicyclic) bond motifs is 2. The highest BCUT2D eigenvalue weighted by Gasteiger charge is 2.52. The number of nitrogens with one attached hydrogen (secondary N) is 1. The van der Waals surface area contributed by atoms with Crippen LogP contribution in [-0.2, 0) is 38.6 Å². The van der Waals surface area contributed by atoms with Crippen LogP contribution in [0.1, 0.15) is 94.2 Å². The number of carbonyl (C=O) groups excluding carboxylic acids is 4. The van der Waals surface area contributed by atoms with Crippen molar-refractivity contribution in [3.8, 4) is 5.75 Å². The van der Waals surface area contributed by atoms with Crippen LogP contribution in [0.5, 0.6) is 5.75 Å². The van der Waals surface area contributed by atoms with E-state index in [1.807, 2.05) is 54.6 Å². The Hall–Kier alpha value is -5.56. The number of rotatable bonds is 18. The molecule has 2 aliphatic rings. The number of aromatic hydroxyl groups is 1. The van der Waals surface area contributed by atoms with Crippen molar-refractivity contribution < 1.29 is 29.0 Å². The van der Waals surface area contributed by atoms with E-state index in [1.54, 1.807) is 45.0 Å². The molecule has 0 bridgehead atoms. The molecule has 2 N–H and O–H groups in total. The van der Waals surface area contributed by atoms with Gasteiger partial charge in [-0.3, -0.25) is 19.3 Å². The largest absolute Gasteiger partial charge is 0.508 e. The van der Waals surface area contributed by atoms with Crippen LogP contribution in [-0.4, -0.2) is 75.0 Å². The number of ether oxygens (including phenoxy) is 1. The second kappa shape index (κ2) is 19.9. The number of phenols is 1. The first kappa shape index (κ1) is 40.1. The second-order valence-corrected chi connectivity index (χ2v) is 15.0. The molecule has 294 valence electrons. The molecular formula is C46H54N4O6. The van der Waals surface area contributed by atoms with Crippen LogP contribution in [0.4, 0.5) is 4.79 Å². The third-order valence-corrected chi connectivity index (χ3v) is 11.0. The van der Waals surface area contributed by atoms with E-state index >= 15 is 0 Å². The van der Waals surface area contributed by atoms with E-state index in [9.17, 15) is 24.3 Å². The molecule has 0 spiro atoms. The molecule has 3 atom stereocenters. The Labute approximate surface area is 330 Å². The maximum absolute atomic E-state index is 14.5. The van der Waals surface area contributed by atoms with Crippen LogP contribution in [0, 0.1) is 12.1 Å². The number of esters is 1. The van der Waals surface area contributed by atoms with Gasteiger partial charge in [-0.2, -0.15) is 0 Å². The fourth-order valence-electron chi connectivity index (χ4n) is 7.96. The van der Waals surface area contributed by atoms with Crippen LogP contribution < -0.4 is 5.32 Å². The van der Waals surface area contributed by atoms with Crippen LogP contribution in [0.2, 0.25) is 0 Å². The zero-order chi connectivity index (χ0) is 39.3. The van der Waals surface area contributed by atoms with Crippen molar-refractivity contribution in [3.05, 3.63) is 114 Å². The molecule has 0 saturated carbocycles. The number of urea groups is 1. The van der Waals surface area contributed by atoms with Gasteiger partial charge in [-0.15, -0.1) is 0 Å². The van der Waals surface area contributed by atoms with E-state index in [0.29, 0.717) is 0 Å². The summed E-state index contributed by atoms with van der Waals surface area (Å²) < 4.78 is 5.81. The number of amides is 4. The minimum Gasteiger partial charge on any atom is -0.508 e. The van der Waals surface area contributed by atoms with Crippen molar-refractivity contribution in [2.24, 2.45) is 0 Å². The van der Waals surface area contributed by atoms with Crippen LogP contribution >= 0.6 is 0 Å². The Balaban J connectivity index is 1.23. The van der Waals surface area contributed by atoms with E-state index in [2.05, 4.69) is 24.4 Å². The minimum absolute atomic E-state index is 0.0668. The van der Waals surface area contributed by atoms with E-state index in [1.165, 1.54) is 38.5 Å². The molecule has 0 unspecified atom stereocenters. The normalized spacial score (nSPS) is 18.1. The average Bonchev–Trinajstić information content (AvgIpc) is 3.21. The molecule has 0 aromatic heterocycles. The molecular weight excluding hydrogens is 705 g/mol. The molecule has 2 saturated heterocycles. The summed E-state index contributed by atoms with van der Waals surface area (Å²) >= 11 is 0. The van der Waals surface area contributed by atoms with Crippen molar-refractivity contribution in [2.75, 3.05) is 13.2 Å². The third-order valence-electron chi connectivity index (χ3n) is 11.0. The van der Waals surface area contributed by atoms with Gasteiger partial charge in [0, 0.05) is 31.3 Å². The molecule has 56 heavy (non-hydrogen) atoms. The first-order chi connectivity index (χ1) is 27.3. The molecule has 4 aromatic rings. The summed E-state index contributed by atoms with van der Waals surface area (Å²) in [5.41, 5.74) is 2.57. The number of unbranched alkanes of at least 4 members (excludes halogenated alkanes) is 8. The van der Waals surface area contributed by atoms with Crippen molar-refractivity contribution >= 4 is 34.6 Å². The summed E-state index contributed by atoms with van der Waals surface area (Å²) in [6.07, 6.45) is 9.74. The number of hydrogen-bond acceptors (Lipinski definition) is 6. The highest BCUT2D eigenvalue weighted by atomic mass is 16.5. The SMILES string of the molecule is CCCCCCCCCCCC(=O)OC[C@@H]1CC(=O)N2[C@H](CN(Cc3cccc4c#cccc34)C(=O)[C@@H]2Cc2ccc(O)cc2)N1C(=O)NCc1ccccc1. The summed E-state index contributed by atoms with van der Waals surface area (Å²) in [5, 5.41) is 14.8. The number of benzene rings is 3. The monoisotopic (exact) mass is 758 g/mol. The molecule has 4 amide bonds. The molecule has 4 aromatic carbocycles. The average molecular weight is 759 g/mol. The lowest BCUT2D eigenvalue weighted by molar-refractivity contribution is -0.173. The molecule has 0 aliphatic carbocycles. The summed E-state index contributed by atoms with van der Waals surface area (Å²) in [6.45, 7) is 2.66. The van der Waals surface area contributed by atoms with Crippen molar-refractivity contribution in [1.82, 2.24) is 20.0 Å². The minimum atomic E-state index is -0.916. The number of phenolic OH excluding ortho intramolecular Hbond substituents is 1. The predicted molar refractivity (Wildman–Crippen MR) is 215 cm³/mol. The van der Waals surface area contributed by atoms with Crippen LogP contribution in [0.15, 0.2) is 84.9 Å². The molecule has 10 nitrogen and oxygen atoms in total. The lowest BCUT2D eigenvalue weighted by atomic mass is 9.94. The van der Waals surface area contributed by atoms with Crippen molar-refractivity contribution in [1.29, 1.82) is 0 Å². The molecule has 2 aliphatic heterocycles. The van der Waals surface area contributed by atoms with Gasteiger partial charge in [0.25, 0.3) is 0 Å². The maximum Gasteiger partial charge on any atom is 0.319 e. The first-order valence-corrected chi connectivity index (χ1v) is 20.3. The summed E-state index contributed by atoms with van der Waals surface area (Å²) in [6, 6.07) is 29.8. The Morgan fingerprint density at radius 2 is 1.59 bits per heavy atom. The third kappa shape index (κ3) is 10.4. The molecule has 10 heteroatoms. The number of carbonyl (C=O) groups is 4. The van der Waals surface area contributed by atoms with Gasteiger partial charge in [-0.25, -0.2) is 4.79 Å². The molecule has 0 radical (unpaired) electrons. The molecule has 2 fully saturated rings. The van der Waals surface area contributed by atoms with Gasteiger partial charge in [0.05, 0.1) is 19.0 Å². The van der Waals surface area contributed by atoms with E-state index in [-0.39, 0.29) is 69.0 Å². The molecule has 2 heterocycles. The highest BCUT2D eigenvalue weighted by Crippen LogP contribution is 2.33. The van der Waals surface area contributed by atoms with Gasteiger partial charge < -0.3 is 25.0 Å². The Morgan fingerprint density at radius 3 is 2.34 bits per heavy atom. The topological polar surface area (TPSA) is 119 Å². The fraction of sp³-hybridized carbons (Fsp3) is 0.435. The van der Waals surface area contributed by atoms with Gasteiger partial charge in [0.2, 0.25) is 11.8 Å². The lowest BCUT2D eigenvalue weighted by Gasteiger charge is -2.54. The summed E-state index contributed by atoms with van der Waals surface area (Å²) in [7, 11) is 0. The van der Waals surface area contributed by atoms with Gasteiger partial charge >= 0.3 is 12.0 Å². The van der Waals surface area contributed by atoms with E-state index in [0.717, 1.165) is 46.7 Å². The zero-order valence-corrected chi connectivity index (χ0v) is 32.5. The summed E-state index contributed by atoms with van der Waals surface area (Å²) in [4.78, 5) is 61.0. The van der Waals surface area contributed by atoms with Crippen molar-refractivity contribution in [3.63, 3.8) is 0 Å². The smallest absolute Gasteiger partial charge is 0.319 e. The maximum atomic E-state index is 14.5. The number of nitrogens with zero attached hydrogens (tertiary/aromatic N) is 3. The second-order valence-electron chi connectivity index (χ2n) is 15.0. The lowest BCUT2D eigenvalue weighted by Crippen LogP contribution is -2.74. The number of piperazine rings is 1. The number of hydrogen-bond donors (Lipinski definition) is 2.